The van der Waals surface area contributed by atoms with E-state index < -0.39 is 5.97 Å². The zero-order chi connectivity index (χ0) is 17.7. The molecule has 0 aliphatic carbocycles. The molecule has 1 N–H and O–H groups in total. The number of rotatable bonds is 6. The van der Waals surface area contributed by atoms with Crippen LogP contribution in [0.5, 0.6) is 5.75 Å². The van der Waals surface area contributed by atoms with Gasteiger partial charge in [-0.05, 0) is 19.9 Å². The van der Waals surface area contributed by atoms with Gasteiger partial charge in [0.25, 0.3) is 0 Å². The number of nitrogens with zero attached hydrogens (tertiary/aromatic N) is 2. The predicted molar refractivity (Wildman–Crippen MR) is 87.9 cm³/mol. The Morgan fingerprint density at radius 2 is 1.92 bits per heavy atom. The van der Waals surface area contributed by atoms with Gasteiger partial charge < -0.3 is 14.8 Å². The topological polar surface area (TPSA) is 82.5 Å². The Labute approximate surface area is 140 Å². The molecule has 24 heavy (non-hydrogen) atoms. The first-order chi connectivity index (χ1) is 11.5. The van der Waals surface area contributed by atoms with Gasteiger partial charge in [0.1, 0.15) is 17.9 Å². The maximum atomic E-state index is 12.2. The van der Waals surface area contributed by atoms with Gasteiger partial charge in [0.15, 0.2) is 0 Å². The smallest absolute Gasteiger partial charge is 0.341 e. The Bertz CT molecular complexity index is 752. The van der Waals surface area contributed by atoms with Crippen LogP contribution in [-0.4, -0.2) is 35.9 Å². The fraction of sp³-hybridized carbons (Fsp3) is 0.353. The molecule has 7 nitrogen and oxygen atoms in total. The standard InChI is InChI=1S/C17H21N3O4/c1-11-16(17(22)24-4)12(2)20(19-11)10-15(21)18-9-13-7-5-6-8-14(13)23-3/h5-8H,9-10H2,1-4H3,(H,18,21). The average molecular weight is 331 g/mol. The molecule has 1 aromatic carbocycles. The van der Waals surface area contributed by atoms with Crippen molar-refractivity contribution in [1.82, 2.24) is 15.1 Å². The van der Waals surface area contributed by atoms with Gasteiger partial charge in [-0.3, -0.25) is 9.48 Å². The van der Waals surface area contributed by atoms with E-state index in [0.29, 0.717) is 23.5 Å². The molecular formula is C17H21N3O4. The van der Waals surface area contributed by atoms with Crippen molar-refractivity contribution in [1.29, 1.82) is 0 Å². The van der Waals surface area contributed by atoms with Gasteiger partial charge in [0.2, 0.25) is 5.91 Å². The minimum Gasteiger partial charge on any atom is -0.496 e. The van der Waals surface area contributed by atoms with Crippen molar-refractivity contribution in [2.24, 2.45) is 0 Å². The summed E-state index contributed by atoms with van der Waals surface area (Å²) in [5, 5.41) is 7.06. The Hall–Kier alpha value is -2.83. The molecule has 0 saturated heterocycles. The second kappa shape index (κ2) is 7.63. The minimum absolute atomic E-state index is 0.0266. The summed E-state index contributed by atoms with van der Waals surface area (Å²) in [4.78, 5) is 23.9. The van der Waals surface area contributed by atoms with Crippen molar-refractivity contribution in [2.75, 3.05) is 14.2 Å². The quantitative estimate of drug-likeness (QED) is 0.813. The van der Waals surface area contributed by atoms with E-state index in [4.69, 9.17) is 9.47 Å². The Balaban J connectivity index is 2.04. The van der Waals surface area contributed by atoms with Gasteiger partial charge in [-0.25, -0.2) is 4.79 Å². The number of benzene rings is 1. The van der Waals surface area contributed by atoms with E-state index in [1.807, 2.05) is 24.3 Å². The number of para-hydroxylation sites is 1. The number of nitrogens with one attached hydrogen (secondary N) is 1. The first-order valence-corrected chi connectivity index (χ1v) is 7.48. The molecule has 0 fully saturated rings. The third-order valence-electron chi connectivity index (χ3n) is 3.73. The van der Waals surface area contributed by atoms with E-state index in [0.717, 1.165) is 11.3 Å². The van der Waals surface area contributed by atoms with E-state index >= 15 is 0 Å². The van der Waals surface area contributed by atoms with Crippen molar-refractivity contribution in [3.8, 4) is 5.75 Å². The summed E-state index contributed by atoms with van der Waals surface area (Å²) < 4.78 is 11.5. The molecule has 128 valence electrons. The van der Waals surface area contributed by atoms with Crippen LogP contribution < -0.4 is 10.1 Å². The molecule has 2 aromatic rings. The van der Waals surface area contributed by atoms with E-state index in [2.05, 4.69) is 10.4 Å². The molecule has 0 aliphatic heterocycles. The lowest BCUT2D eigenvalue weighted by Gasteiger charge is -2.10. The van der Waals surface area contributed by atoms with Crippen LogP contribution >= 0.6 is 0 Å². The van der Waals surface area contributed by atoms with Crippen LogP contribution in [0.25, 0.3) is 0 Å². The first kappa shape index (κ1) is 17.5. The van der Waals surface area contributed by atoms with Crippen LogP contribution in [0.4, 0.5) is 0 Å². The summed E-state index contributed by atoms with van der Waals surface area (Å²) >= 11 is 0. The molecule has 1 heterocycles. The number of esters is 1. The number of aryl methyl sites for hydroxylation is 1. The summed E-state index contributed by atoms with van der Waals surface area (Å²) in [5.74, 6) is 0.0606. The molecule has 0 atom stereocenters. The van der Waals surface area contributed by atoms with Crippen LogP contribution in [0, 0.1) is 13.8 Å². The zero-order valence-corrected chi connectivity index (χ0v) is 14.3. The van der Waals surface area contributed by atoms with Gasteiger partial charge in [0.05, 0.1) is 25.6 Å². The number of hydrogen-bond donors (Lipinski definition) is 1. The highest BCUT2D eigenvalue weighted by Gasteiger charge is 2.20. The van der Waals surface area contributed by atoms with Crippen LogP contribution in [0.3, 0.4) is 0 Å². The highest BCUT2D eigenvalue weighted by molar-refractivity contribution is 5.91. The maximum absolute atomic E-state index is 12.2. The van der Waals surface area contributed by atoms with Gasteiger partial charge in [-0.15, -0.1) is 0 Å². The third-order valence-corrected chi connectivity index (χ3v) is 3.73. The molecule has 0 radical (unpaired) electrons. The van der Waals surface area contributed by atoms with E-state index in [1.165, 1.54) is 11.8 Å². The Kier molecular flexibility index (Phi) is 5.57. The van der Waals surface area contributed by atoms with E-state index in [1.54, 1.807) is 21.0 Å². The number of amides is 1. The van der Waals surface area contributed by atoms with Crippen molar-refractivity contribution in [3.63, 3.8) is 0 Å². The molecule has 1 aromatic heterocycles. The number of carbonyl (C=O) groups is 2. The molecule has 2 rings (SSSR count). The van der Waals surface area contributed by atoms with Gasteiger partial charge in [-0.1, -0.05) is 18.2 Å². The SMILES string of the molecule is COC(=O)c1c(C)nn(CC(=O)NCc2ccccc2OC)c1C. The highest BCUT2D eigenvalue weighted by Crippen LogP contribution is 2.17. The fourth-order valence-electron chi connectivity index (χ4n) is 2.48. The summed E-state index contributed by atoms with van der Waals surface area (Å²) in [7, 11) is 2.91. The molecular weight excluding hydrogens is 310 g/mol. The van der Waals surface area contributed by atoms with Gasteiger partial charge in [-0.2, -0.15) is 5.10 Å². The molecule has 0 spiro atoms. The second-order valence-electron chi connectivity index (χ2n) is 5.28. The predicted octanol–water partition coefficient (Wildman–Crippen LogP) is 1.61. The average Bonchev–Trinajstić information content (AvgIpc) is 2.86. The summed E-state index contributed by atoms with van der Waals surface area (Å²) in [6.45, 7) is 3.83. The van der Waals surface area contributed by atoms with Crippen molar-refractivity contribution in [2.45, 2.75) is 26.9 Å². The van der Waals surface area contributed by atoms with Gasteiger partial charge >= 0.3 is 5.97 Å². The Morgan fingerprint density at radius 1 is 1.21 bits per heavy atom. The lowest BCUT2D eigenvalue weighted by Crippen LogP contribution is -2.28. The zero-order valence-electron chi connectivity index (χ0n) is 14.3. The molecule has 0 aliphatic rings. The lowest BCUT2D eigenvalue weighted by atomic mass is 10.2. The third kappa shape index (κ3) is 3.73. The summed E-state index contributed by atoms with van der Waals surface area (Å²) in [5.41, 5.74) is 2.43. The number of aromatic nitrogens is 2. The number of carbonyl (C=O) groups excluding carboxylic acids is 2. The van der Waals surface area contributed by atoms with Crippen LogP contribution in [-0.2, 0) is 22.6 Å². The van der Waals surface area contributed by atoms with Crippen molar-refractivity contribution in [3.05, 3.63) is 46.8 Å². The van der Waals surface area contributed by atoms with E-state index in [-0.39, 0.29) is 12.5 Å². The van der Waals surface area contributed by atoms with Gasteiger partial charge in [0, 0.05) is 12.1 Å². The van der Waals surface area contributed by atoms with Crippen molar-refractivity contribution < 1.29 is 19.1 Å². The lowest BCUT2D eigenvalue weighted by molar-refractivity contribution is -0.122. The number of hydrogen-bond acceptors (Lipinski definition) is 5. The van der Waals surface area contributed by atoms with Crippen LogP contribution in [0.15, 0.2) is 24.3 Å². The first-order valence-electron chi connectivity index (χ1n) is 7.48. The van der Waals surface area contributed by atoms with Crippen molar-refractivity contribution >= 4 is 11.9 Å². The van der Waals surface area contributed by atoms with E-state index in [9.17, 15) is 9.59 Å². The molecule has 7 heteroatoms. The normalized spacial score (nSPS) is 10.3. The monoisotopic (exact) mass is 331 g/mol. The minimum atomic E-state index is -0.453. The van der Waals surface area contributed by atoms with Crippen LogP contribution in [0.2, 0.25) is 0 Å². The molecule has 1 amide bonds. The largest absolute Gasteiger partial charge is 0.496 e. The second-order valence-corrected chi connectivity index (χ2v) is 5.28. The molecule has 0 saturated carbocycles. The summed E-state index contributed by atoms with van der Waals surface area (Å²) in [6, 6.07) is 7.48. The fourth-order valence-corrected chi connectivity index (χ4v) is 2.48. The highest BCUT2D eigenvalue weighted by atomic mass is 16.5. The Morgan fingerprint density at radius 3 is 2.58 bits per heavy atom. The number of methoxy groups -OCH3 is 2. The molecule has 0 bridgehead atoms. The number of ether oxygens (including phenoxy) is 2. The maximum Gasteiger partial charge on any atom is 0.341 e. The van der Waals surface area contributed by atoms with Crippen LogP contribution in [0.1, 0.15) is 27.3 Å². The molecule has 0 unspecified atom stereocenters. The summed E-state index contributed by atoms with van der Waals surface area (Å²) in [6.07, 6.45) is 0.